The highest BCUT2D eigenvalue weighted by Crippen LogP contribution is 2.31. The Bertz CT molecular complexity index is 783. The van der Waals surface area contributed by atoms with Gasteiger partial charge in [-0.3, -0.25) is 4.68 Å². The first-order valence-corrected chi connectivity index (χ1v) is 9.12. The molecule has 0 aliphatic carbocycles. The lowest BCUT2D eigenvalue weighted by Gasteiger charge is -2.16. The minimum atomic E-state index is -0.986. The van der Waals surface area contributed by atoms with Gasteiger partial charge in [-0.05, 0) is 30.5 Å². The Hall–Kier alpha value is -2.54. The van der Waals surface area contributed by atoms with Crippen molar-refractivity contribution in [3.05, 3.63) is 59.8 Å². The number of carboxylic acid groups (broad SMARTS) is 1. The zero-order valence-corrected chi connectivity index (χ0v) is 15.7. The number of benzene rings is 1. The molecule has 1 heterocycles. The summed E-state index contributed by atoms with van der Waals surface area (Å²) in [5.74, 6) is -1.35. The van der Waals surface area contributed by atoms with E-state index in [1.807, 2.05) is 12.1 Å². The van der Waals surface area contributed by atoms with E-state index in [-0.39, 0.29) is 16.8 Å². The van der Waals surface area contributed by atoms with Crippen molar-refractivity contribution < 1.29 is 19.4 Å². The summed E-state index contributed by atoms with van der Waals surface area (Å²) < 4.78 is 6.36. The number of ether oxygens (including phenoxy) is 1. The molecular formula is C19H22N2O4S. The maximum atomic E-state index is 11.5. The number of carboxylic acids is 1. The average Bonchev–Trinajstić information content (AvgIpc) is 3.04. The normalized spacial score (nSPS) is 11.8. The lowest BCUT2D eigenvalue weighted by molar-refractivity contribution is 0.0599. The second-order valence-corrected chi connectivity index (χ2v) is 6.97. The smallest absolute Gasteiger partial charge is 0.340 e. The van der Waals surface area contributed by atoms with Crippen molar-refractivity contribution in [2.24, 2.45) is 0 Å². The van der Waals surface area contributed by atoms with Crippen molar-refractivity contribution in [3.8, 4) is 0 Å². The number of aromatic nitrogens is 2. The van der Waals surface area contributed by atoms with Crippen molar-refractivity contribution >= 4 is 23.7 Å². The summed E-state index contributed by atoms with van der Waals surface area (Å²) in [7, 11) is 1.35. The van der Waals surface area contributed by atoms with Crippen LogP contribution in [0.3, 0.4) is 0 Å². The van der Waals surface area contributed by atoms with Gasteiger partial charge in [0.1, 0.15) is 10.6 Å². The number of thioether (sulfide) groups is 1. The highest BCUT2D eigenvalue weighted by atomic mass is 32.2. The summed E-state index contributed by atoms with van der Waals surface area (Å²) in [6.45, 7) is 6.22. The van der Waals surface area contributed by atoms with Crippen LogP contribution in [0.25, 0.3) is 0 Å². The zero-order chi connectivity index (χ0) is 19.1. The highest BCUT2D eigenvalue weighted by Gasteiger charge is 2.21. The van der Waals surface area contributed by atoms with Gasteiger partial charge in [0.05, 0.1) is 25.4 Å². The number of hydrogen-bond acceptors (Lipinski definition) is 5. The van der Waals surface area contributed by atoms with E-state index in [9.17, 15) is 14.7 Å². The Morgan fingerprint density at radius 1 is 1.38 bits per heavy atom. The number of methoxy groups -OCH3 is 1. The maximum absolute atomic E-state index is 11.5. The molecule has 1 atom stereocenters. The molecule has 1 aromatic carbocycles. The molecule has 6 nitrogen and oxygen atoms in total. The average molecular weight is 374 g/mol. The highest BCUT2D eigenvalue weighted by molar-refractivity contribution is 8.00. The van der Waals surface area contributed by atoms with Crippen LogP contribution in [-0.4, -0.2) is 39.2 Å². The maximum Gasteiger partial charge on any atom is 0.340 e. The quantitative estimate of drug-likeness (QED) is 0.410. The van der Waals surface area contributed by atoms with E-state index in [4.69, 9.17) is 4.74 Å². The molecular weight excluding hydrogens is 352 g/mol. The molecule has 138 valence electrons. The third kappa shape index (κ3) is 4.76. The largest absolute Gasteiger partial charge is 0.478 e. The van der Waals surface area contributed by atoms with Crippen LogP contribution in [0, 0.1) is 0 Å². The minimum Gasteiger partial charge on any atom is -0.478 e. The van der Waals surface area contributed by atoms with Crippen molar-refractivity contribution in [2.75, 3.05) is 7.11 Å². The molecule has 7 heteroatoms. The molecule has 0 saturated carbocycles. The van der Waals surface area contributed by atoms with Crippen LogP contribution < -0.4 is 0 Å². The zero-order valence-electron chi connectivity index (χ0n) is 14.8. The summed E-state index contributed by atoms with van der Waals surface area (Å²) in [6, 6.07) is 7.27. The van der Waals surface area contributed by atoms with Gasteiger partial charge in [-0.15, -0.1) is 18.3 Å². The Balaban J connectivity index is 2.17. The van der Waals surface area contributed by atoms with Gasteiger partial charge in [-0.1, -0.05) is 25.1 Å². The third-order valence-electron chi connectivity index (χ3n) is 3.90. The molecule has 0 spiro atoms. The number of carbonyl (C=O) groups is 2. The molecule has 0 radical (unpaired) electrons. The van der Waals surface area contributed by atoms with Crippen LogP contribution in [-0.2, 0) is 17.7 Å². The van der Waals surface area contributed by atoms with Crippen LogP contribution >= 0.6 is 11.8 Å². The second-order valence-electron chi connectivity index (χ2n) is 5.68. The molecule has 0 aliphatic rings. The summed E-state index contributed by atoms with van der Waals surface area (Å²) in [5, 5.41) is 14.4. The van der Waals surface area contributed by atoms with Crippen LogP contribution in [0.2, 0.25) is 0 Å². The van der Waals surface area contributed by atoms with Crippen LogP contribution in [0.1, 0.15) is 39.6 Å². The van der Waals surface area contributed by atoms with E-state index in [0.29, 0.717) is 17.1 Å². The summed E-state index contributed by atoms with van der Waals surface area (Å²) >= 11 is 1.51. The number of allylic oxidation sites excluding steroid dienone is 1. The molecule has 2 aromatic rings. The molecule has 26 heavy (non-hydrogen) atoms. The Morgan fingerprint density at radius 3 is 2.62 bits per heavy atom. The molecule has 0 amide bonds. The molecule has 0 bridgehead atoms. The third-order valence-corrected chi connectivity index (χ3v) is 5.38. The second kappa shape index (κ2) is 9.24. The first kappa shape index (κ1) is 19.8. The monoisotopic (exact) mass is 374 g/mol. The van der Waals surface area contributed by atoms with Gasteiger partial charge in [-0.2, -0.15) is 5.10 Å². The van der Waals surface area contributed by atoms with Gasteiger partial charge < -0.3 is 9.84 Å². The molecule has 0 saturated heterocycles. The number of esters is 1. The van der Waals surface area contributed by atoms with Crippen molar-refractivity contribution in [1.29, 1.82) is 0 Å². The van der Waals surface area contributed by atoms with Crippen molar-refractivity contribution in [3.63, 3.8) is 0 Å². The minimum absolute atomic E-state index is 0.178. The Kier molecular flexibility index (Phi) is 7.03. The molecule has 1 aromatic heterocycles. The molecule has 2 rings (SSSR count). The van der Waals surface area contributed by atoms with Crippen molar-refractivity contribution in [1.82, 2.24) is 9.78 Å². The van der Waals surface area contributed by atoms with E-state index in [0.717, 1.165) is 18.4 Å². The van der Waals surface area contributed by atoms with Crippen LogP contribution in [0.15, 0.2) is 48.1 Å². The van der Waals surface area contributed by atoms with E-state index in [1.165, 1.54) is 25.1 Å². The lowest BCUT2D eigenvalue weighted by atomic mass is 10.1. The van der Waals surface area contributed by atoms with E-state index >= 15 is 0 Å². The van der Waals surface area contributed by atoms with Gasteiger partial charge in [0, 0.05) is 5.25 Å². The van der Waals surface area contributed by atoms with Gasteiger partial charge >= 0.3 is 11.9 Å². The van der Waals surface area contributed by atoms with Crippen molar-refractivity contribution in [2.45, 2.75) is 36.6 Å². The number of aromatic carboxylic acids is 1. The van der Waals surface area contributed by atoms with Gasteiger partial charge in [0.2, 0.25) is 0 Å². The molecule has 0 fully saturated rings. The molecule has 1 N–H and O–H groups in total. The van der Waals surface area contributed by atoms with E-state index < -0.39 is 5.97 Å². The van der Waals surface area contributed by atoms with Crippen LogP contribution in [0.5, 0.6) is 0 Å². The summed E-state index contributed by atoms with van der Waals surface area (Å²) in [4.78, 5) is 23.0. The topological polar surface area (TPSA) is 81.4 Å². The fourth-order valence-electron chi connectivity index (χ4n) is 2.48. The summed E-state index contributed by atoms with van der Waals surface area (Å²) in [5.41, 5.74) is 1.79. The van der Waals surface area contributed by atoms with E-state index in [1.54, 1.807) is 22.9 Å². The first-order chi connectivity index (χ1) is 12.5. The predicted molar refractivity (Wildman–Crippen MR) is 101 cm³/mol. The van der Waals surface area contributed by atoms with E-state index in [2.05, 4.69) is 18.6 Å². The fourth-order valence-corrected chi connectivity index (χ4v) is 3.75. The van der Waals surface area contributed by atoms with Gasteiger partial charge in [-0.25, -0.2) is 9.59 Å². The van der Waals surface area contributed by atoms with Gasteiger partial charge in [0.25, 0.3) is 0 Å². The molecule has 0 aliphatic heterocycles. The Labute approximate surface area is 156 Å². The molecule has 1 unspecified atom stereocenters. The van der Waals surface area contributed by atoms with Crippen LogP contribution in [0.4, 0.5) is 0 Å². The standard InChI is InChI=1S/C19H22N2O4S/c1-4-10-21-17(16(12-20-21)18(22)23)26-15(5-2)11-13-6-8-14(9-7-13)19(24)25-3/h4,6-9,12,15H,1,5,10-11H2,2-3H3,(H,22,23). The number of rotatable bonds is 9. The fraction of sp³-hybridized carbons (Fsp3) is 0.316. The number of hydrogen-bond donors (Lipinski definition) is 1. The SMILES string of the molecule is C=CCn1ncc(C(=O)O)c1SC(CC)Cc1ccc(C(=O)OC)cc1. The van der Waals surface area contributed by atoms with Gasteiger partial charge in [0.15, 0.2) is 0 Å². The number of nitrogens with zero attached hydrogens (tertiary/aromatic N) is 2. The summed E-state index contributed by atoms with van der Waals surface area (Å²) in [6.07, 6.45) is 4.68. The predicted octanol–water partition coefficient (Wildman–Crippen LogP) is 3.67. The first-order valence-electron chi connectivity index (χ1n) is 8.24. The lowest BCUT2D eigenvalue weighted by Crippen LogP contribution is -2.10. The number of carbonyl (C=O) groups excluding carboxylic acids is 1. The Morgan fingerprint density at radius 2 is 2.08 bits per heavy atom.